The highest BCUT2D eigenvalue weighted by atomic mass is 35.5. The van der Waals surface area contributed by atoms with Crippen molar-refractivity contribution in [2.75, 3.05) is 38.2 Å². The van der Waals surface area contributed by atoms with Gasteiger partial charge in [0.05, 0.1) is 18.7 Å². The zero-order valence-corrected chi connectivity index (χ0v) is 13.0. The molecular weight excluding hydrogens is 276 g/mol. The molecule has 0 bridgehead atoms. The van der Waals surface area contributed by atoms with Gasteiger partial charge in [0, 0.05) is 36.9 Å². The van der Waals surface area contributed by atoms with Crippen LogP contribution >= 0.6 is 11.6 Å². The van der Waals surface area contributed by atoms with Gasteiger partial charge in [-0.1, -0.05) is 11.6 Å². The quantitative estimate of drug-likeness (QED) is 0.799. The van der Waals surface area contributed by atoms with Crippen LogP contribution in [0.5, 0.6) is 5.75 Å². The summed E-state index contributed by atoms with van der Waals surface area (Å²) >= 11 is 6.07. The topological polar surface area (TPSA) is 32.8 Å². The van der Waals surface area contributed by atoms with Gasteiger partial charge >= 0.3 is 0 Å². The molecule has 1 saturated heterocycles. The Morgan fingerprint density at radius 3 is 2.75 bits per heavy atom. The number of carbonyl (C=O) groups excluding carboxylic acids is 1. The van der Waals surface area contributed by atoms with E-state index in [1.807, 2.05) is 18.2 Å². The second kappa shape index (κ2) is 6.02. The first-order chi connectivity index (χ1) is 9.47. The summed E-state index contributed by atoms with van der Waals surface area (Å²) in [6.45, 7) is 7.45. The molecule has 0 aliphatic carbocycles. The maximum Gasteiger partial charge on any atom is 0.139 e. The molecule has 20 heavy (non-hydrogen) atoms. The summed E-state index contributed by atoms with van der Waals surface area (Å²) in [5.74, 6) is 0.692. The highest BCUT2D eigenvalue weighted by molar-refractivity contribution is 6.32. The molecular formula is C15H21ClN2O2. The SMILES string of the molecule is COc1cc(N2CCN(CC=O)C(C)(C)C2)ccc1Cl. The van der Waals surface area contributed by atoms with Crippen molar-refractivity contribution in [3.05, 3.63) is 23.2 Å². The zero-order chi connectivity index (χ0) is 14.8. The number of piperazine rings is 1. The van der Waals surface area contributed by atoms with E-state index < -0.39 is 0 Å². The lowest BCUT2D eigenvalue weighted by atomic mass is 9.98. The third kappa shape index (κ3) is 3.07. The third-order valence-electron chi connectivity index (χ3n) is 3.87. The molecule has 4 nitrogen and oxygen atoms in total. The summed E-state index contributed by atoms with van der Waals surface area (Å²) in [6.07, 6.45) is 0.975. The van der Waals surface area contributed by atoms with Crippen LogP contribution in [0.15, 0.2) is 18.2 Å². The summed E-state index contributed by atoms with van der Waals surface area (Å²) in [5.41, 5.74) is 1.07. The van der Waals surface area contributed by atoms with Crippen LogP contribution in [-0.2, 0) is 4.79 Å². The van der Waals surface area contributed by atoms with Crippen LogP contribution < -0.4 is 9.64 Å². The monoisotopic (exact) mass is 296 g/mol. The van der Waals surface area contributed by atoms with Crippen LogP contribution in [-0.4, -0.2) is 50.0 Å². The standard InChI is InChI=1S/C15H21ClN2O2/c1-15(2)11-17(6-7-18(15)8-9-19)12-4-5-13(16)14(10-12)20-3/h4-5,9-10H,6-8,11H2,1-3H3. The molecule has 110 valence electrons. The molecule has 0 amide bonds. The van der Waals surface area contributed by atoms with E-state index in [1.54, 1.807) is 7.11 Å². The van der Waals surface area contributed by atoms with E-state index in [0.717, 1.165) is 31.6 Å². The molecule has 1 fully saturated rings. The smallest absolute Gasteiger partial charge is 0.139 e. The Bertz CT molecular complexity index is 491. The van der Waals surface area contributed by atoms with E-state index in [1.165, 1.54) is 0 Å². The number of methoxy groups -OCH3 is 1. The molecule has 0 spiro atoms. The second-order valence-corrected chi connectivity index (χ2v) is 6.07. The van der Waals surface area contributed by atoms with Crippen LogP contribution in [0.25, 0.3) is 0 Å². The van der Waals surface area contributed by atoms with Crippen molar-refractivity contribution in [1.29, 1.82) is 0 Å². The van der Waals surface area contributed by atoms with Crippen molar-refractivity contribution in [3.63, 3.8) is 0 Å². The summed E-state index contributed by atoms with van der Waals surface area (Å²) in [6, 6.07) is 5.84. The Kier molecular flexibility index (Phi) is 4.55. The number of ether oxygens (including phenoxy) is 1. The maximum atomic E-state index is 10.7. The predicted molar refractivity (Wildman–Crippen MR) is 81.9 cm³/mol. The first-order valence-electron chi connectivity index (χ1n) is 6.75. The number of carbonyl (C=O) groups is 1. The molecule has 0 unspecified atom stereocenters. The van der Waals surface area contributed by atoms with Gasteiger partial charge in [0.2, 0.25) is 0 Å². The van der Waals surface area contributed by atoms with Gasteiger partial charge < -0.3 is 14.4 Å². The normalized spacial score (nSPS) is 18.9. The van der Waals surface area contributed by atoms with Gasteiger partial charge in [0.15, 0.2) is 0 Å². The fourth-order valence-electron chi connectivity index (χ4n) is 2.68. The molecule has 0 radical (unpaired) electrons. The average molecular weight is 297 g/mol. The van der Waals surface area contributed by atoms with Crippen molar-refractivity contribution in [3.8, 4) is 5.75 Å². The van der Waals surface area contributed by atoms with Gasteiger partial charge in [0.25, 0.3) is 0 Å². The molecule has 1 heterocycles. The second-order valence-electron chi connectivity index (χ2n) is 5.67. The molecule has 1 aliphatic heterocycles. The number of hydrogen-bond donors (Lipinski definition) is 0. The van der Waals surface area contributed by atoms with Crippen LogP contribution in [0, 0.1) is 0 Å². The highest BCUT2D eigenvalue weighted by Gasteiger charge is 2.33. The zero-order valence-electron chi connectivity index (χ0n) is 12.2. The average Bonchev–Trinajstić information content (AvgIpc) is 2.41. The summed E-state index contributed by atoms with van der Waals surface area (Å²) in [5, 5.41) is 0.620. The summed E-state index contributed by atoms with van der Waals surface area (Å²) in [4.78, 5) is 15.3. The van der Waals surface area contributed by atoms with Gasteiger partial charge in [-0.15, -0.1) is 0 Å². The Hall–Kier alpha value is -1.26. The van der Waals surface area contributed by atoms with E-state index in [4.69, 9.17) is 16.3 Å². The minimum absolute atomic E-state index is 0.0357. The third-order valence-corrected chi connectivity index (χ3v) is 4.18. The van der Waals surface area contributed by atoms with Crippen LogP contribution in [0.4, 0.5) is 5.69 Å². The van der Waals surface area contributed by atoms with Crippen molar-refractivity contribution < 1.29 is 9.53 Å². The van der Waals surface area contributed by atoms with E-state index in [-0.39, 0.29) is 5.54 Å². The largest absolute Gasteiger partial charge is 0.495 e. The number of aldehydes is 1. The lowest BCUT2D eigenvalue weighted by Gasteiger charge is -2.47. The Morgan fingerprint density at radius 1 is 1.40 bits per heavy atom. The minimum atomic E-state index is -0.0357. The van der Waals surface area contributed by atoms with E-state index in [9.17, 15) is 4.79 Å². The Morgan fingerprint density at radius 2 is 2.15 bits per heavy atom. The lowest BCUT2D eigenvalue weighted by molar-refractivity contribution is -0.110. The lowest BCUT2D eigenvalue weighted by Crippen LogP contribution is -2.59. The number of nitrogens with zero attached hydrogens (tertiary/aromatic N) is 2. The van der Waals surface area contributed by atoms with Gasteiger partial charge in [-0.25, -0.2) is 0 Å². The van der Waals surface area contributed by atoms with Crippen molar-refractivity contribution in [2.45, 2.75) is 19.4 Å². The maximum absolute atomic E-state index is 10.7. The van der Waals surface area contributed by atoms with Gasteiger partial charge in [0.1, 0.15) is 12.0 Å². The van der Waals surface area contributed by atoms with Crippen LogP contribution in [0.3, 0.4) is 0 Å². The van der Waals surface area contributed by atoms with Gasteiger partial charge in [-0.2, -0.15) is 0 Å². The Balaban J connectivity index is 2.17. The molecule has 0 saturated carbocycles. The first kappa shape index (κ1) is 15.1. The van der Waals surface area contributed by atoms with Gasteiger partial charge in [-0.05, 0) is 26.0 Å². The molecule has 1 aromatic carbocycles. The molecule has 1 aromatic rings. The number of halogens is 1. The van der Waals surface area contributed by atoms with E-state index in [0.29, 0.717) is 17.3 Å². The fourth-order valence-corrected chi connectivity index (χ4v) is 2.88. The first-order valence-corrected chi connectivity index (χ1v) is 7.13. The highest BCUT2D eigenvalue weighted by Crippen LogP contribution is 2.31. The van der Waals surface area contributed by atoms with Gasteiger partial charge in [-0.3, -0.25) is 4.90 Å². The van der Waals surface area contributed by atoms with Crippen LogP contribution in [0.1, 0.15) is 13.8 Å². The van der Waals surface area contributed by atoms with Crippen molar-refractivity contribution >= 4 is 23.6 Å². The molecule has 0 atom stereocenters. The number of rotatable bonds is 4. The number of hydrogen-bond acceptors (Lipinski definition) is 4. The van der Waals surface area contributed by atoms with E-state index in [2.05, 4.69) is 23.6 Å². The molecule has 2 rings (SSSR count). The summed E-state index contributed by atoms with van der Waals surface area (Å²) < 4.78 is 5.27. The molecule has 5 heteroatoms. The minimum Gasteiger partial charge on any atom is -0.495 e. The van der Waals surface area contributed by atoms with Crippen molar-refractivity contribution in [2.24, 2.45) is 0 Å². The van der Waals surface area contributed by atoms with Crippen molar-refractivity contribution in [1.82, 2.24) is 4.90 Å². The predicted octanol–water partition coefficient (Wildman–Crippen LogP) is 2.45. The van der Waals surface area contributed by atoms with E-state index >= 15 is 0 Å². The summed E-state index contributed by atoms with van der Waals surface area (Å²) in [7, 11) is 1.62. The molecule has 0 N–H and O–H groups in total. The fraction of sp³-hybridized carbons (Fsp3) is 0.533. The number of benzene rings is 1. The molecule has 1 aliphatic rings. The Labute approximate surface area is 125 Å². The molecule has 0 aromatic heterocycles. The van der Waals surface area contributed by atoms with Crippen LogP contribution in [0.2, 0.25) is 5.02 Å². The number of anilines is 1.